The van der Waals surface area contributed by atoms with Gasteiger partial charge in [-0.25, -0.2) is 0 Å². The molecule has 0 unspecified atom stereocenters. The van der Waals surface area contributed by atoms with Crippen molar-refractivity contribution < 1.29 is 4.79 Å². The Morgan fingerprint density at radius 3 is 2.15 bits per heavy atom. The molecule has 1 atom stereocenters. The maximum Gasteiger partial charge on any atom is 0.223 e. The van der Waals surface area contributed by atoms with Gasteiger partial charge in [0.2, 0.25) is 5.91 Å². The van der Waals surface area contributed by atoms with Gasteiger partial charge in [0.05, 0.1) is 0 Å². The van der Waals surface area contributed by atoms with E-state index < -0.39 is 0 Å². The van der Waals surface area contributed by atoms with Gasteiger partial charge in [-0.1, -0.05) is 34.1 Å². The second-order valence-corrected chi connectivity index (χ2v) is 4.60. The van der Waals surface area contributed by atoms with Crippen molar-refractivity contribution in [1.29, 1.82) is 0 Å². The number of hydrogen-bond acceptors (Lipinski definition) is 1. The largest absolute Gasteiger partial charge is 0.356 e. The predicted octanol–water partition coefficient (Wildman–Crippen LogP) is 2.58. The van der Waals surface area contributed by atoms with Gasteiger partial charge in [0.15, 0.2) is 0 Å². The van der Waals surface area contributed by atoms with E-state index in [0.717, 1.165) is 19.4 Å². The van der Waals surface area contributed by atoms with Crippen LogP contribution in [0.2, 0.25) is 0 Å². The van der Waals surface area contributed by atoms with Crippen LogP contribution in [0.3, 0.4) is 0 Å². The third-order valence-corrected chi connectivity index (χ3v) is 2.29. The second kappa shape index (κ2) is 5.25. The first kappa shape index (κ1) is 12.5. The molecule has 1 N–H and O–H groups in total. The van der Waals surface area contributed by atoms with E-state index in [-0.39, 0.29) is 17.2 Å². The van der Waals surface area contributed by atoms with Crippen LogP contribution in [0.4, 0.5) is 0 Å². The molecule has 0 aliphatic rings. The van der Waals surface area contributed by atoms with Gasteiger partial charge < -0.3 is 5.32 Å². The van der Waals surface area contributed by atoms with Gasteiger partial charge in [-0.15, -0.1) is 0 Å². The highest BCUT2D eigenvalue weighted by molar-refractivity contribution is 5.79. The fourth-order valence-corrected chi connectivity index (χ4v) is 1.54. The Kier molecular flexibility index (Phi) is 5.04. The minimum atomic E-state index is 0.0786. The third-order valence-electron chi connectivity index (χ3n) is 2.29. The van der Waals surface area contributed by atoms with Crippen LogP contribution in [0.25, 0.3) is 0 Å². The SMILES string of the molecule is CCC[C@@H](C(=O)NCC)C(C)(C)C. The van der Waals surface area contributed by atoms with Crippen molar-refractivity contribution in [1.82, 2.24) is 5.32 Å². The predicted molar refractivity (Wildman–Crippen MR) is 56.5 cm³/mol. The summed E-state index contributed by atoms with van der Waals surface area (Å²) in [6.45, 7) is 11.2. The van der Waals surface area contributed by atoms with Crippen molar-refractivity contribution in [3.8, 4) is 0 Å². The van der Waals surface area contributed by atoms with Crippen molar-refractivity contribution in [3.63, 3.8) is 0 Å². The number of amides is 1. The van der Waals surface area contributed by atoms with Crippen LogP contribution in [0, 0.1) is 11.3 Å². The van der Waals surface area contributed by atoms with E-state index >= 15 is 0 Å². The van der Waals surface area contributed by atoms with E-state index in [9.17, 15) is 4.79 Å². The minimum Gasteiger partial charge on any atom is -0.356 e. The van der Waals surface area contributed by atoms with Crippen molar-refractivity contribution in [2.75, 3.05) is 6.54 Å². The van der Waals surface area contributed by atoms with Crippen molar-refractivity contribution >= 4 is 5.91 Å². The summed E-state index contributed by atoms with van der Waals surface area (Å²) in [4.78, 5) is 11.7. The monoisotopic (exact) mass is 185 g/mol. The molecule has 0 saturated carbocycles. The van der Waals surface area contributed by atoms with Crippen molar-refractivity contribution in [3.05, 3.63) is 0 Å². The molecule has 13 heavy (non-hydrogen) atoms. The molecule has 78 valence electrons. The van der Waals surface area contributed by atoms with E-state index in [1.54, 1.807) is 0 Å². The molecule has 0 radical (unpaired) electrons. The van der Waals surface area contributed by atoms with Crippen LogP contribution < -0.4 is 5.32 Å². The number of hydrogen-bond donors (Lipinski definition) is 1. The van der Waals surface area contributed by atoms with Crippen LogP contribution in [-0.4, -0.2) is 12.5 Å². The number of carbonyl (C=O) groups is 1. The summed E-state index contributed by atoms with van der Waals surface area (Å²) in [5.74, 6) is 0.356. The number of carbonyl (C=O) groups excluding carboxylic acids is 1. The van der Waals surface area contributed by atoms with Crippen LogP contribution in [0.15, 0.2) is 0 Å². The van der Waals surface area contributed by atoms with Crippen LogP contribution in [0.5, 0.6) is 0 Å². The normalized spacial score (nSPS) is 13.9. The number of nitrogens with one attached hydrogen (secondary N) is 1. The molecular weight excluding hydrogens is 162 g/mol. The molecule has 0 bridgehead atoms. The Hall–Kier alpha value is -0.530. The van der Waals surface area contributed by atoms with E-state index in [0.29, 0.717) is 0 Å². The first-order chi connectivity index (χ1) is 5.93. The van der Waals surface area contributed by atoms with E-state index in [1.807, 2.05) is 6.92 Å². The van der Waals surface area contributed by atoms with Crippen LogP contribution in [-0.2, 0) is 4.79 Å². The Morgan fingerprint density at radius 2 is 1.85 bits per heavy atom. The highest BCUT2D eigenvalue weighted by Crippen LogP contribution is 2.29. The standard InChI is InChI=1S/C11H23NO/c1-6-8-9(11(3,4)5)10(13)12-7-2/h9H,6-8H2,1-5H3,(H,12,13)/t9-/m0/s1. The average molecular weight is 185 g/mol. The molecule has 0 aromatic rings. The minimum absolute atomic E-state index is 0.0786. The second-order valence-electron chi connectivity index (χ2n) is 4.60. The van der Waals surface area contributed by atoms with Gasteiger partial charge in [0, 0.05) is 12.5 Å². The smallest absolute Gasteiger partial charge is 0.223 e. The first-order valence-electron chi connectivity index (χ1n) is 5.21. The summed E-state index contributed by atoms with van der Waals surface area (Å²) < 4.78 is 0. The zero-order chi connectivity index (χ0) is 10.5. The molecule has 0 aliphatic carbocycles. The molecule has 0 rings (SSSR count). The molecular formula is C11H23NO. The summed E-state index contributed by atoms with van der Waals surface area (Å²) in [5, 5.41) is 2.90. The molecule has 0 saturated heterocycles. The van der Waals surface area contributed by atoms with Crippen molar-refractivity contribution in [2.45, 2.75) is 47.5 Å². The van der Waals surface area contributed by atoms with Gasteiger partial charge in [-0.2, -0.15) is 0 Å². The van der Waals surface area contributed by atoms with Gasteiger partial charge in [-0.3, -0.25) is 4.79 Å². The lowest BCUT2D eigenvalue weighted by Crippen LogP contribution is -2.37. The lowest BCUT2D eigenvalue weighted by Gasteiger charge is -2.29. The maximum absolute atomic E-state index is 11.7. The van der Waals surface area contributed by atoms with Crippen LogP contribution in [0.1, 0.15) is 47.5 Å². The third kappa shape index (κ3) is 4.30. The highest BCUT2D eigenvalue weighted by atomic mass is 16.1. The summed E-state index contributed by atoms with van der Waals surface area (Å²) in [5.41, 5.74) is 0.0786. The molecule has 0 aromatic heterocycles. The molecule has 0 spiro atoms. The fourth-order valence-electron chi connectivity index (χ4n) is 1.54. The van der Waals surface area contributed by atoms with E-state index in [2.05, 4.69) is 33.0 Å². The first-order valence-corrected chi connectivity index (χ1v) is 5.21. The summed E-state index contributed by atoms with van der Waals surface area (Å²) in [7, 11) is 0. The van der Waals surface area contributed by atoms with Gasteiger partial charge in [0.1, 0.15) is 0 Å². The molecule has 0 fully saturated rings. The topological polar surface area (TPSA) is 29.1 Å². The van der Waals surface area contributed by atoms with Gasteiger partial charge in [-0.05, 0) is 18.8 Å². The lowest BCUT2D eigenvalue weighted by molar-refractivity contribution is -0.128. The quantitative estimate of drug-likeness (QED) is 0.716. The van der Waals surface area contributed by atoms with Crippen molar-refractivity contribution in [2.24, 2.45) is 11.3 Å². The fraction of sp³-hybridized carbons (Fsp3) is 0.909. The van der Waals surface area contributed by atoms with Crippen LogP contribution >= 0.6 is 0 Å². The summed E-state index contributed by atoms with van der Waals surface area (Å²) in [6, 6.07) is 0. The molecule has 0 aromatic carbocycles. The maximum atomic E-state index is 11.7. The molecule has 2 heteroatoms. The molecule has 1 amide bonds. The van der Waals surface area contributed by atoms with E-state index in [1.165, 1.54) is 0 Å². The molecule has 0 heterocycles. The zero-order valence-corrected chi connectivity index (χ0v) is 9.61. The van der Waals surface area contributed by atoms with E-state index in [4.69, 9.17) is 0 Å². The number of rotatable bonds is 4. The summed E-state index contributed by atoms with van der Waals surface area (Å²) in [6.07, 6.45) is 2.05. The molecule has 2 nitrogen and oxygen atoms in total. The Morgan fingerprint density at radius 1 is 1.31 bits per heavy atom. The Labute approximate surface area is 82.1 Å². The Balaban J connectivity index is 4.33. The summed E-state index contributed by atoms with van der Waals surface area (Å²) >= 11 is 0. The van der Waals surface area contributed by atoms with Gasteiger partial charge in [0.25, 0.3) is 0 Å². The lowest BCUT2D eigenvalue weighted by atomic mass is 9.77. The Bertz CT molecular complexity index is 158. The van der Waals surface area contributed by atoms with Gasteiger partial charge >= 0.3 is 0 Å². The zero-order valence-electron chi connectivity index (χ0n) is 9.61. The highest BCUT2D eigenvalue weighted by Gasteiger charge is 2.29. The average Bonchev–Trinajstić information content (AvgIpc) is 1.98. The molecule has 0 aliphatic heterocycles.